The standard InChI is InChI=1S/C17H20N4O2S/c1-3-12(2)17(23)20-11-14(22)21-13-7-9-19-16(10-13)24-15-6-4-5-8-18-15/h4-10,12H,3,11H2,1-2H3,(H,20,23)(H,19,21,22)/t12-/m0/s1. The number of carbonyl (C=O) groups excluding carboxylic acids is 2. The topological polar surface area (TPSA) is 84.0 Å². The minimum absolute atomic E-state index is 0.0474. The number of nitrogens with one attached hydrogen (secondary N) is 2. The summed E-state index contributed by atoms with van der Waals surface area (Å²) in [4.78, 5) is 32.1. The van der Waals surface area contributed by atoms with Gasteiger partial charge in [-0.05, 0) is 30.7 Å². The van der Waals surface area contributed by atoms with Gasteiger partial charge in [-0.1, -0.05) is 31.7 Å². The molecule has 0 saturated heterocycles. The summed E-state index contributed by atoms with van der Waals surface area (Å²) in [5.41, 5.74) is 0.631. The Kier molecular flexibility index (Phi) is 6.74. The van der Waals surface area contributed by atoms with Crippen molar-refractivity contribution in [1.82, 2.24) is 15.3 Å². The number of nitrogens with zero attached hydrogens (tertiary/aromatic N) is 2. The van der Waals surface area contributed by atoms with Crippen molar-refractivity contribution in [2.45, 2.75) is 30.3 Å². The first-order chi connectivity index (χ1) is 11.6. The van der Waals surface area contributed by atoms with Gasteiger partial charge in [0.2, 0.25) is 11.8 Å². The van der Waals surface area contributed by atoms with E-state index >= 15 is 0 Å². The fourth-order valence-electron chi connectivity index (χ4n) is 1.79. The van der Waals surface area contributed by atoms with Crippen molar-refractivity contribution < 1.29 is 9.59 Å². The molecule has 0 radical (unpaired) electrons. The second-order valence-corrected chi connectivity index (χ2v) is 6.27. The predicted molar refractivity (Wildman–Crippen MR) is 93.7 cm³/mol. The van der Waals surface area contributed by atoms with Crippen LogP contribution in [0.15, 0.2) is 52.8 Å². The molecule has 2 rings (SSSR count). The molecular weight excluding hydrogens is 324 g/mol. The van der Waals surface area contributed by atoms with Crippen LogP contribution in [0.4, 0.5) is 5.69 Å². The van der Waals surface area contributed by atoms with Crippen LogP contribution in [0.1, 0.15) is 20.3 Å². The Hall–Kier alpha value is -2.41. The number of rotatable bonds is 7. The molecule has 0 aromatic carbocycles. The average molecular weight is 344 g/mol. The fourth-order valence-corrected chi connectivity index (χ4v) is 2.56. The summed E-state index contributed by atoms with van der Waals surface area (Å²) in [7, 11) is 0. The smallest absolute Gasteiger partial charge is 0.243 e. The molecule has 0 spiro atoms. The van der Waals surface area contributed by atoms with Crippen molar-refractivity contribution in [2.24, 2.45) is 5.92 Å². The van der Waals surface area contributed by atoms with Crippen LogP contribution in [0.25, 0.3) is 0 Å². The normalized spacial score (nSPS) is 11.6. The number of pyridine rings is 2. The van der Waals surface area contributed by atoms with E-state index in [-0.39, 0.29) is 24.3 Å². The summed E-state index contributed by atoms with van der Waals surface area (Å²) < 4.78 is 0. The number of aromatic nitrogens is 2. The number of amides is 2. The zero-order valence-corrected chi connectivity index (χ0v) is 14.5. The lowest BCUT2D eigenvalue weighted by atomic mass is 10.1. The van der Waals surface area contributed by atoms with Crippen molar-refractivity contribution in [2.75, 3.05) is 11.9 Å². The van der Waals surface area contributed by atoms with E-state index in [2.05, 4.69) is 20.6 Å². The zero-order valence-electron chi connectivity index (χ0n) is 13.7. The Morgan fingerprint density at radius 3 is 2.67 bits per heavy atom. The number of carbonyl (C=O) groups is 2. The first kappa shape index (κ1) is 17.9. The van der Waals surface area contributed by atoms with Crippen molar-refractivity contribution in [1.29, 1.82) is 0 Å². The second-order valence-electron chi connectivity index (χ2n) is 5.23. The first-order valence-corrected chi connectivity index (χ1v) is 8.52. The zero-order chi connectivity index (χ0) is 17.4. The van der Waals surface area contributed by atoms with Crippen molar-refractivity contribution in [3.05, 3.63) is 42.7 Å². The minimum atomic E-state index is -0.272. The molecule has 0 aliphatic rings. The van der Waals surface area contributed by atoms with Crippen LogP contribution >= 0.6 is 11.8 Å². The lowest BCUT2D eigenvalue weighted by Crippen LogP contribution is -2.35. The van der Waals surface area contributed by atoms with E-state index in [9.17, 15) is 9.59 Å². The van der Waals surface area contributed by atoms with Gasteiger partial charge in [0, 0.05) is 24.0 Å². The summed E-state index contributed by atoms with van der Waals surface area (Å²) in [6.45, 7) is 3.72. The maximum atomic E-state index is 11.9. The quantitative estimate of drug-likeness (QED) is 0.807. The lowest BCUT2D eigenvalue weighted by molar-refractivity contribution is -0.126. The third-order valence-electron chi connectivity index (χ3n) is 3.35. The molecular formula is C17H20N4O2S. The Balaban J connectivity index is 1.89. The molecule has 0 fully saturated rings. The van der Waals surface area contributed by atoms with E-state index in [1.165, 1.54) is 11.8 Å². The van der Waals surface area contributed by atoms with Gasteiger partial charge >= 0.3 is 0 Å². The molecule has 1 atom stereocenters. The Morgan fingerprint density at radius 2 is 1.96 bits per heavy atom. The summed E-state index contributed by atoms with van der Waals surface area (Å²) in [6.07, 6.45) is 4.08. The highest BCUT2D eigenvalue weighted by Gasteiger charge is 2.12. The van der Waals surface area contributed by atoms with Crippen LogP contribution in [0.5, 0.6) is 0 Å². The molecule has 126 valence electrons. The molecule has 6 nitrogen and oxygen atoms in total. The van der Waals surface area contributed by atoms with Gasteiger partial charge < -0.3 is 10.6 Å². The largest absolute Gasteiger partial charge is 0.347 e. The molecule has 2 N–H and O–H groups in total. The third-order valence-corrected chi connectivity index (χ3v) is 4.23. The van der Waals surface area contributed by atoms with Gasteiger partial charge in [0.15, 0.2) is 0 Å². The van der Waals surface area contributed by atoms with E-state index in [1.807, 2.05) is 32.0 Å². The van der Waals surface area contributed by atoms with Crippen LogP contribution in [0.2, 0.25) is 0 Å². The van der Waals surface area contributed by atoms with Gasteiger partial charge in [0.05, 0.1) is 6.54 Å². The minimum Gasteiger partial charge on any atom is -0.347 e. The van der Waals surface area contributed by atoms with Crippen molar-refractivity contribution >= 4 is 29.3 Å². The number of anilines is 1. The van der Waals surface area contributed by atoms with Gasteiger partial charge in [-0.15, -0.1) is 0 Å². The van der Waals surface area contributed by atoms with E-state index in [0.717, 1.165) is 16.5 Å². The number of hydrogen-bond acceptors (Lipinski definition) is 5. The molecule has 2 aromatic heterocycles. The van der Waals surface area contributed by atoms with Crippen LogP contribution in [0, 0.1) is 5.92 Å². The molecule has 0 unspecified atom stereocenters. The average Bonchev–Trinajstić information content (AvgIpc) is 2.60. The Labute approximate surface area is 145 Å². The third kappa shape index (κ3) is 5.66. The molecule has 0 bridgehead atoms. The monoisotopic (exact) mass is 344 g/mol. The van der Waals surface area contributed by atoms with Crippen LogP contribution in [-0.2, 0) is 9.59 Å². The summed E-state index contributed by atoms with van der Waals surface area (Å²) >= 11 is 1.41. The van der Waals surface area contributed by atoms with Gasteiger partial charge in [0.25, 0.3) is 0 Å². The SMILES string of the molecule is CC[C@H](C)C(=O)NCC(=O)Nc1ccnc(Sc2ccccn2)c1. The fraction of sp³-hybridized carbons (Fsp3) is 0.294. The van der Waals surface area contributed by atoms with Crippen LogP contribution in [0.3, 0.4) is 0 Å². The van der Waals surface area contributed by atoms with Gasteiger partial charge in [-0.3, -0.25) is 9.59 Å². The maximum Gasteiger partial charge on any atom is 0.243 e. The maximum absolute atomic E-state index is 11.9. The summed E-state index contributed by atoms with van der Waals surface area (Å²) in [6, 6.07) is 9.12. The lowest BCUT2D eigenvalue weighted by Gasteiger charge is -2.10. The van der Waals surface area contributed by atoms with E-state index in [1.54, 1.807) is 24.5 Å². The van der Waals surface area contributed by atoms with Crippen molar-refractivity contribution in [3.63, 3.8) is 0 Å². The molecule has 2 heterocycles. The summed E-state index contributed by atoms with van der Waals surface area (Å²) in [5.74, 6) is -0.486. The number of hydrogen-bond donors (Lipinski definition) is 2. The van der Waals surface area contributed by atoms with E-state index in [0.29, 0.717) is 5.69 Å². The highest BCUT2D eigenvalue weighted by Crippen LogP contribution is 2.25. The van der Waals surface area contributed by atoms with Gasteiger partial charge in [-0.2, -0.15) is 0 Å². The van der Waals surface area contributed by atoms with Gasteiger partial charge in [0.1, 0.15) is 10.1 Å². The van der Waals surface area contributed by atoms with Crippen molar-refractivity contribution in [3.8, 4) is 0 Å². The van der Waals surface area contributed by atoms with Crippen LogP contribution < -0.4 is 10.6 Å². The first-order valence-electron chi connectivity index (χ1n) is 7.71. The highest BCUT2D eigenvalue weighted by atomic mass is 32.2. The molecule has 0 saturated carbocycles. The Morgan fingerprint density at radius 1 is 1.17 bits per heavy atom. The second kappa shape index (κ2) is 9.02. The van der Waals surface area contributed by atoms with E-state index in [4.69, 9.17) is 0 Å². The van der Waals surface area contributed by atoms with E-state index < -0.39 is 0 Å². The summed E-state index contributed by atoms with van der Waals surface area (Å²) in [5, 5.41) is 6.94. The molecule has 2 aromatic rings. The van der Waals surface area contributed by atoms with Gasteiger partial charge in [-0.25, -0.2) is 9.97 Å². The molecule has 7 heteroatoms. The molecule has 2 amide bonds. The molecule has 0 aliphatic carbocycles. The molecule has 0 aliphatic heterocycles. The van der Waals surface area contributed by atoms with Crippen LogP contribution in [-0.4, -0.2) is 28.3 Å². The molecule has 24 heavy (non-hydrogen) atoms. The Bertz CT molecular complexity index is 694. The highest BCUT2D eigenvalue weighted by molar-refractivity contribution is 7.99. The predicted octanol–water partition coefficient (Wildman–Crippen LogP) is 2.73.